The highest BCUT2D eigenvalue weighted by molar-refractivity contribution is 6.17. The molecule has 0 saturated carbocycles. The number of alkyl halides is 1. The van der Waals surface area contributed by atoms with Crippen LogP contribution in [0.2, 0.25) is 0 Å². The van der Waals surface area contributed by atoms with Gasteiger partial charge in [-0.25, -0.2) is 13.2 Å². The van der Waals surface area contributed by atoms with Gasteiger partial charge in [-0.2, -0.15) is 8.78 Å². The quantitative estimate of drug-likeness (QED) is 0.0347. The van der Waals surface area contributed by atoms with Gasteiger partial charge in [-0.1, -0.05) is 0 Å². The van der Waals surface area contributed by atoms with Crippen LogP contribution in [0.1, 0.15) is 6.42 Å². The van der Waals surface area contributed by atoms with E-state index in [0.29, 0.717) is 71.9 Å². The Morgan fingerprint density at radius 3 is 1.11 bits per heavy atom. The van der Waals surface area contributed by atoms with Gasteiger partial charge in [0.1, 0.15) is 0 Å². The van der Waals surface area contributed by atoms with Crippen LogP contribution in [0.5, 0.6) is 5.75 Å². The number of carbonyl (C=O) groups excluding carboxylic acids is 1. The van der Waals surface area contributed by atoms with Crippen LogP contribution < -0.4 is 4.74 Å². The Labute approximate surface area is 222 Å². The summed E-state index contributed by atoms with van der Waals surface area (Å²) < 4.78 is 107. The Bertz CT molecular complexity index is 763. The molecule has 0 aliphatic heterocycles. The van der Waals surface area contributed by atoms with Crippen molar-refractivity contribution in [2.24, 2.45) is 0 Å². The summed E-state index contributed by atoms with van der Waals surface area (Å²) in [6.07, 6.45) is -0.480. The summed E-state index contributed by atoms with van der Waals surface area (Å²) >= 11 is 5.47. The normalized spacial score (nSPS) is 11.3. The molecule has 9 nitrogen and oxygen atoms in total. The molecule has 0 radical (unpaired) electrons. The van der Waals surface area contributed by atoms with Crippen LogP contribution in [-0.2, 0) is 38.0 Å². The maximum Gasteiger partial charge on any atom is 0.313 e. The SMILES string of the molecule is O=C(CCOCCOCCOCCOCCOCCOCCOCCCl)Oc1c(F)c(F)c(F)c(F)c1F. The lowest BCUT2D eigenvalue weighted by Gasteiger charge is -2.09. The second-order valence-corrected chi connectivity index (χ2v) is 7.48. The Morgan fingerprint density at radius 1 is 0.474 bits per heavy atom. The van der Waals surface area contributed by atoms with Gasteiger partial charge in [0.2, 0.25) is 34.8 Å². The predicted octanol–water partition coefficient (Wildman–Crippen LogP) is 3.03. The van der Waals surface area contributed by atoms with Gasteiger partial charge in [-0.3, -0.25) is 4.79 Å². The fourth-order valence-electron chi connectivity index (χ4n) is 2.47. The average Bonchev–Trinajstić information content (AvgIpc) is 2.91. The van der Waals surface area contributed by atoms with Gasteiger partial charge in [0.05, 0.1) is 98.9 Å². The third-order valence-corrected chi connectivity index (χ3v) is 4.44. The van der Waals surface area contributed by atoms with Crippen LogP contribution in [0.3, 0.4) is 0 Å². The van der Waals surface area contributed by atoms with E-state index in [9.17, 15) is 26.7 Å². The van der Waals surface area contributed by atoms with Crippen LogP contribution in [-0.4, -0.2) is 104 Å². The molecule has 220 valence electrons. The van der Waals surface area contributed by atoms with Gasteiger partial charge in [-0.15, -0.1) is 11.6 Å². The molecule has 0 N–H and O–H groups in total. The first kappa shape index (κ1) is 34.4. The van der Waals surface area contributed by atoms with Gasteiger partial charge < -0.3 is 37.9 Å². The monoisotopic (exact) mass is 582 g/mol. The number of esters is 1. The second-order valence-electron chi connectivity index (χ2n) is 7.10. The fraction of sp³-hybridized carbons (Fsp3) is 0.696. The number of carbonyl (C=O) groups is 1. The summed E-state index contributed by atoms with van der Waals surface area (Å²) in [6.45, 7) is 4.68. The molecule has 15 heteroatoms. The molecule has 0 bridgehead atoms. The maximum absolute atomic E-state index is 13.5. The topological polar surface area (TPSA) is 90.9 Å². The highest BCUT2D eigenvalue weighted by atomic mass is 35.5. The summed E-state index contributed by atoms with van der Waals surface area (Å²) in [5, 5.41) is 0. The van der Waals surface area contributed by atoms with Crippen molar-refractivity contribution in [3.05, 3.63) is 29.1 Å². The van der Waals surface area contributed by atoms with Crippen LogP contribution in [0.15, 0.2) is 0 Å². The molecule has 0 spiro atoms. The summed E-state index contributed by atoms with van der Waals surface area (Å²) in [4.78, 5) is 11.6. The minimum absolute atomic E-state index is 0.0891. The summed E-state index contributed by atoms with van der Waals surface area (Å²) in [7, 11) is 0. The summed E-state index contributed by atoms with van der Waals surface area (Å²) in [5.41, 5.74) is 0. The molecular weight excluding hydrogens is 551 g/mol. The van der Waals surface area contributed by atoms with E-state index in [1.54, 1.807) is 0 Å². The van der Waals surface area contributed by atoms with Crippen LogP contribution >= 0.6 is 11.6 Å². The summed E-state index contributed by atoms with van der Waals surface area (Å²) in [5.74, 6) is -13.7. The van der Waals surface area contributed by atoms with E-state index in [1.165, 1.54) is 0 Å². The van der Waals surface area contributed by atoms with E-state index in [4.69, 9.17) is 44.8 Å². The zero-order valence-corrected chi connectivity index (χ0v) is 21.5. The molecule has 0 aromatic heterocycles. The molecule has 0 amide bonds. The minimum Gasteiger partial charge on any atom is -0.420 e. The third kappa shape index (κ3) is 15.1. The Hall–Kier alpha value is -1.65. The fourth-order valence-corrected chi connectivity index (χ4v) is 2.58. The van der Waals surface area contributed by atoms with Gasteiger partial charge in [0, 0.05) is 5.88 Å². The smallest absolute Gasteiger partial charge is 0.313 e. The first-order valence-corrected chi connectivity index (χ1v) is 12.3. The largest absolute Gasteiger partial charge is 0.420 e. The molecular formula is C23H32ClF5O9. The average molecular weight is 583 g/mol. The number of hydrogen-bond donors (Lipinski definition) is 0. The highest BCUT2D eigenvalue weighted by Gasteiger charge is 2.28. The number of benzene rings is 1. The highest BCUT2D eigenvalue weighted by Crippen LogP contribution is 2.29. The van der Waals surface area contributed by atoms with Crippen molar-refractivity contribution in [3.63, 3.8) is 0 Å². The van der Waals surface area contributed by atoms with Gasteiger partial charge >= 0.3 is 5.97 Å². The van der Waals surface area contributed by atoms with Crippen molar-refractivity contribution in [1.29, 1.82) is 0 Å². The standard InChI is InChI=1S/C23H32ClF5O9/c24-2-4-32-6-8-34-10-12-36-14-16-37-15-13-35-11-9-33-7-5-31-3-1-17(30)38-23-21(28)19(26)18(25)20(27)22(23)29/h1-16H2. The molecule has 1 rings (SSSR count). The van der Waals surface area contributed by atoms with E-state index in [0.717, 1.165) is 0 Å². The number of hydrogen-bond acceptors (Lipinski definition) is 9. The van der Waals surface area contributed by atoms with E-state index in [2.05, 4.69) is 4.74 Å². The van der Waals surface area contributed by atoms with Crippen molar-refractivity contribution < 1.29 is 64.6 Å². The van der Waals surface area contributed by atoms with Crippen molar-refractivity contribution in [2.75, 3.05) is 98.4 Å². The molecule has 38 heavy (non-hydrogen) atoms. The first-order valence-electron chi connectivity index (χ1n) is 11.7. The van der Waals surface area contributed by atoms with Crippen LogP contribution in [0.4, 0.5) is 22.0 Å². The molecule has 0 aliphatic rings. The Balaban J connectivity index is 1.88. The van der Waals surface area contributed by atoms with Crippen LogP contribution in [0.25, 0.3) is 0 Å². The van der Waals surface area contributed by atoms with Gasteiger partial charge in [0.25, 0.3) is 0 Å². The molecule has 0 aliphatic carbocycles. The predicted molar refractivity (Wildman–Crippen MR) is 123 cm³/mol. The zero-order chi connectivity index (χ0) is 28.0. The van der Waals surface area contributed by atoms with E-state index in [1.807, 2.05) is 0 Å². The van der Waals surface area contributed by atoms with Crippen molar-refractivity contribution in [2.45, 2.75) is 6.42 Å². The minimum atomic E-state index is -2.35. The van der Waals surface area contributed by atoms with Gasteiger partial charge in [0.15, 0.2) is 0 Å². The molecule has 0 heterocycles. The zero-order valence-electron chi connectivity index (χ0n) is 20.8. The first-order chi connectivity index (χ1) is 18.4. The van der Waals surface area contributed by atoms with Crippen molar-refractivity contribution in [3.8, 4) is 5.75 Å². The van der Waals surface area contributed by atoms with Crippen molar-refractivity contribution in [1.82, 2.24) is 0 Å². The van der Waals surface area contributed by atoms with Crippen molar-refractivity contribution >= 4 is 17.6 Å². The lowest BCUT2D eigenvalue weighted by molar-refractivity contribution is -0.136. The molecule has 1 aromatic carbocycles. The molecule has 1 aromatic rings. The van der Waals surface area contributed by atoms with Gasteiger partial charge in [-0.05, 0) is 0 Å². The Morgan fingerprint density at radius 2 is 0.763 bits per heavy atom. The third-order valence-electron chi connectivity index (χ3n) is 4.29. The lowest BCUT2D eigenvalue weighted by atomic mass is 10.2. The van der Waals surface area contributed by atoms with Crippen LogP contribution in [0, 0.1) is 29.1 Å². The lowest BCUT2D eigenvalue weighted by Crippen LogP contribution is -2.16. The molecule has 0 unspecified atom stereocenters. The Kier molecular flexibility index (Phi) is 20.1. The molecule has 0 saturated heterocycles. The second kappa shape index (κ2) is 22.2. The number of ether oxygens (including phenoxy) is 8. The maximum atomic E-state index is 13.5. The number of rotatable bonds is 24. The molecule has 0 atom stereocenters. The number of halogens is 6. The van der Waals surface area contributed by atoms with E-state index >= 15 is 0 Å². The summed E-state index contributed by atoms with van der Waals surface area (Å²) in [6, 6.07) is 0. The van der Waals surface area contributed by atoms with E-state index < -0.39 is 47.2 Å². The molecule has 0 fully saturated rings. The van der Waals surface area contributed by atoms with E-state index in [-0.39, 0.29) is 26.4 Å².